The van der Waals surface area contributed by atoms with Crippen molar-refractivity contribution in [2.45, 2.75) is 32.7 Å². The average molecular weight is 408 g/mol. The number of aryl methyl sites for hydroxylation is 1. The first kappa shape index (κ1) is 21.8. The number of hydrogen-bond acceptors (Lipinski definition) is 3. The highest BCUT2D eigenvalue weighted by Gasteiger charge is 2.15. The van der Waals surface area contributed by atoms with Crippen LogP contribution in [0.2, 0.25) is 0 Å². The van der Waals surface area contributed by atoms with E-state index in [1.165, 1.54) is 36.7 Å². The maximum absolute atomic E-state index is 12.7. The molecule has 0 unspecified atom stereocenters. The summed E-state index contributed by atoms with van der Waals surface area (Å²) in [5.74, 6) is -0.0509. The van der Waals surface area contributed by atoms with E-state index in [9.17, 15) is 4.79 Å². The molecule has 4 nitrogen and oxygen atoms in total. The van der Waals surface area contributed by atoms with Gasteiger partial charge in [-0.3, -0.25) is 4.79 Å². The van der Waals surface area contributed by atoms with E-state index in [1.807, 2.05) is 57.3 Å². The molecular formula is C26H37N3O. The Morgan fingerprint density at radius 3 is 2.40 bits per heavy atom. The molecule has 1 amide bonds. The van der Waals surface area contributed by atoms with E-state index in [1.54, 1.807) is 0 Å². The lowest BCUT2D eigenvalue weighted by molar-refractivity contribution is 0.0939. The first-order valence-electron chi connectivity index (χ1n) is 10.7. The highest BCUT2D eigenvalue weighted by Crippen LogP contribution is 2.25. The molecule has 0 aromatic heterocycles. The van der Waals surface area contributed by atoms with Crippen molar-refractivity contribution in [1.29, 1.82) is 0 Å². The van der Waals surface area contributed by atoms with Crippen molar-refractivity contribution in [1.82, 2.24) is 10.2 Å². The first-order chi connectivity index (χ1) is 14.5. The number of carbonyl (C=O) groups excluding carboxylic acids is 1. The van der Waals surface area contributed by atoms with Crippen LogP contribution < -0.4 is 10.6 Å². The van der Waals surface area contributed by atoms with E-state index in [2.05, 4.69) is 46.8 Å². The van der Waals surface area contributed by atoms with Crippen LogP contribution in [0.15, 0.2) is 60.7 Å². The van der Waals surface area contributed by atoms with Gasteiger partial charge in [-0.15, -0.1) is 0 Å². The van der Waals surface area contributed by atoms with Crippen LogP contribution >= 0.6 is 0 Å². The normalized spacial score (nSPS) is 14.7. The molecule has 3 aromatic rings. The van der Waals surface area contributed by atoms with Crippen LogP contribution in [0.25, 0.3) is 10.8 Å². The van der Waals surface area contributed by atoms with Gasteiger partial charge >= 0.3 is 0 Å². The number of hydrogen-bond donors (Lipinski definition) is 2. The summed E-state index contributed by atoms with van der Waals surface area (Å²) in [5, 5.41) is 8.57. The van der Waals surface area contributed by atoms with E-state index >= 15 is 0 Å². The lowest BCUT2D eigenvalue weighted by atomic mass is 9.99. The van der Waals surface area contributed by atoms with Crippen LogP contribution in [0.3, 0.4) is 0 Å². The largest absolute Gasteiger partial charge is 0.388 e. The summed E-state index contributed by atoms with van der Waals surface area (Å²) in [6, 6.07) is 20.2. The molecule has 0 radical (unpaired) electrons. The summed E-state index contributed by atoms with van der Waals surface area (Å²) in [4.78, 5) is 15.1. The lowest BCUT2D eigenvalue weighted by Crippen LogP contribution is -2.27. The first-order valence-corrected chi connectivity index (χ1v) is 10.7. The van der Waals surface area contributed by atoms with E-state index in [-0.39, 0.29) is 14.8 Å². The molecule has 1 heterocycles. The molecule has 1 atom stereocenters. The zero-order chi connectivity index (χ0) is 21.5. The highest BCUT2D eigenvalue weighted by atomic mass is 16.1. The zero-order valence-corrected chi connectivity index (χ0v) is 18.5. The molecular weight excluding hydrogens is 370 g/mol. The van der Waals surface area contributed by atoms with Gasteiger partial charge in [0.2, 0.25) is 0 Å². The Morgan fingerprint density at radius 2 is 1.73 bits per heavy atom. The van der Waals surface area contributed by atoms with Crippen LogP contribution in [0, 0.1) is 6.92 Å². The van der Waals surface area contributed by atoms with Crippen LogP contribution in [0.5, 0.6) is 0 Å². The fraction of sp³-hybridized carbons (Fsp3) is 0.346. The third kappa shape index (κ3) is 5.39. The molecule has 30 heavy (non-hydrogen) atoms. The Labute approximate surface area is 183 Å². The van der Waals surface area contributed by atoms with Crippen molar-refractivity contribution >= 4 is 22.4 Å². The fourth-order valence-electron chi connectivity index (χ4n) is 3.88. The Balaban J connectivity index is 0.000000557. The molecule has 4 rings (SSSR count). The maximum atomic E-state index is 12.7. The Kier molecular flexibility index (Phi) is 7.47. The zero-order valence-electron chi connectivity index (χ0n) is 18.5. The second kappa shape index (κ2) is 10.3. The number of nitrogens with one attached hydrogen (secondary N) is 2. The quantitative estimate of drug-likeness (QED) is 0.567. The number of amides is 1. The molecule has 1 saturated heterocycles. The van der Waals surface area contributed by atoms with E-state index < -0.39 is 0 Å². The van der Waals surface area contributed by atoms with Gasteiger partial charge < -0.3 is 15.5 Å². The number of rotatable bonds is 4. The molecule has 1 fully saturated rings. The number of benzene rings is 3. The second-order valence-corrected chi connectivity index (χ2v) is 8.05. The third-order valence-electron chi connectivity index (χ3n) is 5.74. The molecule has 1 aliphatic heterocycles. The Morgan fingerprint density at radius 1 is 1.03 bits per heavy atom. The predicted molar refractivity (Wildman–Crippen MR) is 132 cm³/mol. The van der Waals surface area contributed by atoms with E-state index in [4.69, 9.17) is 0 Å². The molecule has 0 saturated carbocycles. The number of anilines is 1. The van der Waals surface area contributed by atoms with Gasteiger partial charge in [-0.2, -0.15) is 0 Å². The third-order valence-corrected chi connectivity index (χ3v) is 5.74. The van der Waals surface area contributed by atoms with Crippen LogP contribution in [-0.4, -0.2) is 38.0 Å². The summed E-state index contributed by atoms with van der Waals surface area (Å²) in [5.41, 5.74) is 3.73. The van der Waals surface area contributed by atoms with Gasteiger partial charge in [0.25, 0.3) is 5.91 Å². The van der Waals surface area contributed by atoms with Crippen molar-refractivity contribution in [3.8, 4) is 0 Å². The van der Waals surface area contributed by atoms with Gasteiger partial charge in [-0.1, -0.05) is 48.5 Å². The molecule has 3 aromatic carbocycles. The monoisotopic (exact) mass is 407 g/mol. The standard InChI is InChI=1S/C21H22N2O.C5H11N.2H2/c1-14-11-12-17(22-3)13-20(14)21(24)23-15(2)18-10-6-8-16-7-4-5-9-19(16)18;1-6-4-2-3-5-6;;/h4-13,15,22H,1-3H3,(H,23,24);2-5H2,1H3;2*1H/t15-;;;/m1.../s1. The van der Waals surface area contributed by atoms with Crippen LogP contribution in [0.1, 0.15) is 50.1 Å². The van der Waals surface area contributed by atoms with E-state index in [0.29, 0.717) is 5.56 Å². The van der Waals surface area contributed by atoms with E-state index in [0.717, 1.165) is 16.8 Å². The molecule has 0 spiro atoms. The van der Waals surface area contributed by atoms with Crippen LogP contribution in [0.4, 0.5) is 5.69 Å². The summed E-state index contributed by atoms with van der Waals surface area (Å²) in [7, 11) is 4.03. The maximum Gasteiger partial charge on any atom is 0.252 e. The van der Waals surface area contributed by atoms with Crippen molar-refractivity contribution < 1.29 is 7.65 Å². The summed E-state index contributed by atoms with van der Waals surface area (Å²) < 4.78 is 0. The van der Waals surface area contributed by atoms with Gasteiger partial charge in [0, 0.05) is 21.2 Å². The van der Waals surface area contributed by atoms with Crippen LogP contribution in [-0.2, 0) is 0 Å². The number of fused-ring (bicyclic) bond motifs is 1. The van der Waals surface area contributed by atoms with Crippen molar-refractivity contribution in [2.24, 2.45) is 0 Å². The molecule has 162 valence electrons. The molecule has 4 heteroatoms. The number of carbonyl (C=O) groups is 1. The Hall–Kier alpha value is -2.85. The molecule has 2 N–H and O–H groups in total. The Bertz CT molecular complexity index is 998. The number of likely N-dealkylation sites (tertiary alicyclic amines) is 1. The summed E-state index contributed by atoms with van der Waals surface area (Å²) >= 11 is 0. The smallest absolute Gasteiger partial charge is 0.252 e. The minimum absolute atomic E-state index is 0. The topological polar surface area (TPSA) is 44.4 Å². The minimum atomic E-state index is -0.0683. The minimum Gasteiger partial charge on any atom is -0.388 e. The molecule has 0 bridgehead atoms. The SMILES string of the molecule is CN1CCCC1.CNc1ccc(C)c(C(=O)N[C@H](C)c2cccc3ccccc23)c1.[HH].[HH]. The molecule has 0 aliphatic carbocycles. The van der Waals surface area contributed by atoms with Gasteiger partial charge in [0.05, 0.1) is 6.04 Å². The lowest BCUT2D eigenvalue weighted by Gasteiger charge is -2.18. The number of nitrogens with zero attached hydrogens (tertiary/aromatic N) is 1. The van der Waals surface area contributed by atoms with Crippen molar-refractivity contribution in [3.05, 3.63) is 77.4 Å². The molecule has 1 aliphatic rings. The van der Waals surface area contributed by atoms with Crippen molar-refractivity contribution in [3.63, 3.8) is 0 Å². The summed E-state index contributed by atoms with van der Waals surface area (Å²) in [6.07, 6.45) is 2.83. The fourth-order valence-corrected chi connectivity index (χ4v) is 3.88. The van der Waals surface area contributed by atoms with Gasteiger partial charge in [-0.05, 0) is 80.9 Å². The highest BCUT2D eigenvalue weighted by molar-refractivity contribution is 5.97. The summed E-state index contributed by atoms with van der Waals surface area (Å²) in [6.45, 7) is 6.62. The predicted octanol–water partition coefficient (Wildman–Crippen LogP) is 5.88. The average Bonchev–Trinajstić information content (AvgIpc) is 3.25. The van der Waals surface area contributed by atoms with Crippen molar-refractivity contribution in [2.75, 3.05) is 32.5 Å². The second-order valence-electron chi connectivity index (χ2n) is 8.05. The van der Waals surface area contributed by atoms with Gasteiger partial charge in [-0.25, -0.2) is 0 Å². The van der Waals surface area contributed by atoms with Gasteiger partial charge in [0.15, 0.2) is 0 Å². The van der Waals surface area contributed by atoms with Gasteiger partial charge in [0.1, 0.15) is 0 Å².